The van der Waals surface area contributed by atoms with Gasteiger partial charge in [-0.25, -0.2) is 9.97 Å². The third kappa shape index (κ3) is 3.43. The van der Waals surface area contributed by atoms with E-state index in [0.29, 0.717) is 11.0 Å². The Morgan fingerprint density at radius 3 is 2.58 bits per heavy atom. The number of halogens is 2. The van der Waals surface area contributed by atoms with Crippen LogP contribution in [0.25, 0.3) is 22.2 Å². The molecule has 0 aliphatic heterocycles. The summed E-state index contributed by atoms with van der Waals surface area (Å²) in [6, 6.07) is 21.8. The highest BCUT2D eigenvalue weighted by atomic mass is 79.9. The molecular formula is C21H15BrClN3. The maximum absolute atomic E-state index is 6.44. The van der Waals surface area contributed by atoms with E-state index in [2.05, 4.69) is 45.3 Å². The number of fused-ring (bicyclic) bond motifs is 1. The Labute approximate surface area is 165 Å². The van der Waals surface area contributed by atoms with Gasteiger partial charge in [-0.1, -0.05) is 57.9 Å². The van der Waals surface area contributed by atoms with E-state index in [4.69, 9.17) is 16.6 Å². The van der Waals surface area contributed by atoms with Crippen LogP contribution in [0.2, 0.25) is 5.02 Å². The zero-order valence-electron chi connectivity index (χ0n) is 14.0. The summed E-state index contributed by atoms with van der Waals surface area (Å²) in [5.74, 6) is 0.542. The van der Waals surface area contributed by atoms with Crippen LogP contribution < -0.4 is 5.32 Å². The molecule has 0 aliphatic rings. The summed E-state index contributed by atoms with van der Waals surface area (Å²) >= 11 is 9.97. The molecule has 3 nitrogen and oxygen atoms in total. The second kappa shape index (κ2) is 7.06. The lowest BCUT2D eigenvalue weighted by Crippen LogP contribution is -2.00. The lowest BCUT2D eigenvalue weighted by Gasteiger charge is -2.12. The molecule has 3 aromatic carbocycles. The third-order valence-corrected chi connectivity index (χ3v) is 4.88. The molecule has 0 bridgehead atoms. The molecule has 0 aliphatic carbocycles. The topological polar surface area (TPSA) is 37.8 Å². The summed E-state index contributed by atoms with van der Waals surface area (Å²) in [6.45, 7) is 2.05. The molecule has 26 heavy (non-hydrogen) atoms. The summed E-state index contributed by atoms with van der Waals surface area (Å²) in [5, 5.41) is 4.91. The summed E-state index contributed by atoms with van der Waals surface area (Å²) in [7, 11) is 0. The first-order chi connectivity index (χ1) is 12.6. The van der Waals surface area contributed by atoms with Crippen molar-refractivity contribution >= 4 is 50.1 Å². The van der Waals surface area contributed by atoms with Crippen LogP contribution in [0.5, 0.6) is 0 Å². The Morgan fingerprint density at radius 1 is 0.923 bits per heavy atom. The van der Waals surface area contributed by atoms with Gasteiger partial charge < -0.3 is 5.32 Å². The Hall–Kier alpha value is -2.43. The first-order valence-corrected chi connectivity index (χ1v) is 9.33. The Bertz CT molecular complexity index is 1110. The minimum atomic E-state index is 0.542. The van der Waals surface area contributed by atoms with Crippen LogP contribution in [0.4, 0.5) is 11.6 Å². The van der Waals surface area contributed by atoms with Crippen LogP contribution in [0.15, 0.2) is 71.2 Å². The van der Waals surface area contributed by atoms with Crippen LogP contribution in [-0.4, -0.2) is 9.97 Å². The predicted octanol–water partition coefficient (Wildman–Crippen LogP) is 6.76. The van der Waals surface area contributed by atoms with Crippen molar-refractivity contribution < 1.29 is 0 Å². The van der Waals surface area contributed by atoms with Crippen LogP contribution in [0, 0.1) is 6.92 Å². The summed E-state index contributed by atoms with van der Waals surface area (Å²) in [5.41, 5.74) is 4.66. The molecule has 128 valence electrons. The molecule has 4 aromatic rings. The molecule has 1 aromatic heterocycles. The maximum atomic E-state index is 6.44. The highest BCUT2D eigenvalue weighted by Crippen LogP contribution is 2.34. The summed E-state index contributed by atoms with van der Waals surface area (Å²) < 4.78 is 0.973. The molecule has 5 heteroatoms. The zero-order chi connectivity index (χ0) is 18.1. The predicted molar refractivity (Wildman–Crippen MR) is 112 cm³/mol. The van der Waals surface area contributed by atoms with Crippen LogP contribution in [0.1, 0.15) is 5.56 Å². The van der Waals surface area contributed by atoms with Gasteiger partial charge in [-0.15, -0.1) is 0 Å². The van der Waals surface area contributed by atoms with Gasteiger partial charge in [0.05, 0.1) is 11.2 Å². The van der Waals surface area contributed by atoms with Gasteiger partial charge in [0, 0.05) is 26.1 Å². The van der Waals surface area contributed by atoms with Crippen LogP contribution in [0.3, 0.4) is 0 Å². The van der Waals surface area contributed by atoms with Gasteiger partial charge >= 0.3 is 0 Å². The van der Waals surface area contributed by atoms with Crippen molar-refractivity contribution in [3.63, 3.8) is 0 Å². The van der Waals surface area contributed by atoms with E-state index < -0.39 is 0 Å². The van der Waals surface area contributed by atoms with Crippen molar-refractivity contribution in [1.29, 1.82) is 0 Å². The molecule has 1 N–H and O–H groups in total. The average molecular weight is 425 g/mol. The van der Waals surface area contributed by atoms with E-state index in [9.17, 15) is 0 Å². The Balaban J connectivity index is 1.91. The number of nitrogens with zero attached hydrogens (tertiary/aromatic N) is 2. The second-order valence-electron chi connectivity index (χ2n) is 6.03. The monoisotopic (exact) mass is 423 g/mol. The minimum Gasteiger partial charge on any atom is -0.324 e. The fraction of sp³-hybridized carbons (Fsp3) is 0.0476. The van der Waals surface area contributed by atoms with Gasteiger partial charge in [0.25, 0.3) is 0 Å². The van der Waals surface area contributed by atoms with Crippen molar-refractivity contribution in [3.8, 4) is 11.3 Å². The molecule has 0 spiro atoms. The van der Waals surface area contributed by atoms with E-state index >= 15 is 0 Å². The number of hydrogen-bond acceptors (Lipinski definition) is 3. The minimum absolute atomic E-state index is 0.542. The molecule has 0 radical (unpaired) electrons. The average Bonchev–Trinajstić information content (AvgIpc) is 2.62. The van der Waals surface area contributed by atoms with Crippen molar-refractivity contribution in [2.24, 2.45) is 0 Å². The van der Waals surface area contributed by atoms with Crippen LogP contribution in [-0.2, 0) is 0 Å². The number of anilines is 2. The highest BCUT2D eigenvalue weighted by molar-refractivity contribution is 9.10. The molecule has 0 atom stereocenters. The van der Waals surface area contributed by atoms with Crippen molar-refractivity contribution in [3.05, 3.63) is 81.8 Å². The number of aryl methyl sites for hydroxylation is 1. The standard InChI is InChI=1S/C21H15BrClN3/c1-13-5-4-6-15(11-13)24-21-25-19-10-9-14(22)12-17(19)20(26-21)16-7-2-3-8-18(16)23/h2-12H,1H3,(H,24,25,26). The van der Waals surface area contributed by atoms with Gasteiger partial charge in [0.2, 0.25) is 5.95 Å². The van der Waals surface area contributed by atoms with Gasteiger partial charge in [0.15, 0.2) is 0 Å². The number of rotatable bonds is 3. The van der Waals surface area contributed by atoms with Gasteiger partial charge in [-0.05, 0) is 48.9 Å². The maximum Gasteiger partial charge on any atom is 0.228 e. The molecule has 0 saturated carbocycles. The number of benzene rings is 3. The summed E-state index contributed by atoms with van der Waals surface area (Å²) in [6.07, 6.45) is 0. The first-order valence-electron chi connectivity index (χ1n) is 8.16. The summed E-state index contributed by atoms with van der Waals surface area (Å²) in [4.78, 5) is 9.44. The first kappa shape index (κ1) is 17.0. The van der Waals surface area contributed by atoms with E-state index in [1.165, 1.54) is 5.56 Å². The lowest BCUT2D eigenvalue weighted by atomic mass is 10.1. The van der Waals surface area contributed by atoms with E-state index in [0.717, 1.165) is 32.3 Å². The molecule has 0 fully saturated rings. The number of hydrogen-bond donors (Lipinski definition) is 1. The lowest BCUT2D eigenvalue weighted by molar-refractivity contribution is 1.21. The van der Waals surface area contributed by atoms with Crippen molar-refractivity contribution in [2.75, 3.05) is 5.32 Å². The second-order valence-corrected chi connectivity index (χ2v) is 7.35. The molecule has 0 unspecified atom stereocenters. The van der Waals surface area contributed by atoms with Crippen molar-refractivity contribution in [1.82, 2.24) is 9.97 Å². The smallest absolute Gasteiger partial charge is 0.228 e. The SMILES string of the molecule is Cc1cccc(Nc2nc(-c3ccccc3Cl)c3cc(Br)ccc3n2)c1. The van der Waals surface area contributed by atoms with Gasteiger partial charge in [-0.3, -0.25) is 0 Å². The zero-order valence-corrected chi connectivity index (χ0v) is 16.3. The third-order valence-electron chi connectivity index (χ3n) is 4.06. The quantitative estimate of drug-likeness (QED) is 0.394. The molecule has 1 heterocycles. The normalized spacial score (nSPS) is 10.9. The van der Waals surface area contributed by atoms with E-state index in [-0.39, 0.29) is 0 Å². The highest BCUT2D eigenvalue weighted by Gasteiger charge is 2.13. The largest absolute Gasteiger partial charge is 0.324 e. The number of nitrogens with one attached hydrogen (secondary N) is 1. The van der Waals surface area contributed by atoms with Gasteiger partial charge in [-0.2, -0.15) is 0 Å². The Kier molecular flexibility index (Phi) is 4.62. The van der Waals surface area contributed by atoms with Crippen LogP contribution >= 0.6 is 27.5 Å². The molecule has 0 amide bonds. The molecular weight excluding hydrogens is 410 g/mol. The fourth-order valence-electron chi connectivity index (χ4n) is 2.87. The molecule has 4 rings (SSSR count). The fourth-order valence-corrected chi connectivity index (χ4v) is 3.45. The van der Waals surface area contributed by atoms with Crippen molar-refractivity contribution in [2.45, 2.75) is 6.92 Å². The van der Waals surface area contributed by atoms with Gasteiger partial charge in [0.1, 0.15) is 0 Å². The Morgan fingerprint density at radius 2 is 1.77 bits per heavy atom. The van der Waals surface area contributed by atoms with E-state index in [1.54, 1.807) is 0 Å². The molecule has 0 saturated heterocycles. The van der Waals surface area contributed by atoms with E-state index in [1.807, 2.05) is 54.6 Å². The number of aromatic nitrogens is 2.